The van der Waals surface area contributed by atoms with Gasteiger partial charge in [-0.3, -0.25) is 9.69 Å². The van der Waals surface area contributed by atoms with E-state index in [1.807, 2.05) is 4.90 Å². The average Bonchev–Trinajstić information content (AvgIpc) is 3.20. The van der Waals surface area contributed by atoms with E-state index in [0.29, 0.717) is 61.0 Å². The predicted molar refractivity (Wildman–Crippen MR) is 101 cm³/mol. The largest absolute Gasteiger partial charge is 0.486 e. The lowest BCUT2D eigenvalue weighted by Crippen LogP contribution is -2.48. The number of anilines is 1. The van der Waals surface area contributed by atoms with Crippen LogP contribution in [0, 0.1) is 0 Å². The maximum atomic E-state index is 12.3. The zero-order chi connectivity index (χ0) is 19.6. The normalized spacial score (nSPS) is 16.3. The molecule has 1 saturated heterocycles. The molecule has 1 aromatic carbocycles. The lowest BCUT2D eigenvalue weighted by Gasteiger charge is -2.36. The second kappa shape index (κ2) is 7.47. The molecular formula is C19H18N6O4. The number of likely N-dealkylation sites (tertiary alicyclic amines) is 1. The number of rotatable bonds is 5. The van der Waals surface area contributed by atoms with Crippen molar-refractivity contribution in [3.63, 3.8) is 0 Å². The summed E-state index contributed by atoms with van der Waals surface area (Å²) in [7, 11) is 0. The third kappa shape index (κ3) is 3.74. The summed E-state index contributed by atoms with van der Waals surface area (Å²) in [6, 6.07) is 7.10. The second-order valence-corrected chi connectivity index (χ2v) is 6.83. The molecule has 0 atom stereocenters. The number of hydrogen-bond donors (Lipinski definition) is 1. The maximum Gasteiger partial charge on any atom is 0.240 e. The lowest BCUT2D eigenvalue weighted by molar-refractivity contribution is -0.118. The summed E-state index contributed by atoms with van der Waals surface area (Å²) in [5, 5.41) is 6.82. The molecule has 0 unspecified atom stereocenters. The SMILES string of the molecule is O=C(CN1CC(c2nc(-c3ncccn3)no2)C1)Nc1ccc2c(c1)OCCO2. The quantitative estimate of drug-likeness (QED) is 0.684. The fraction of sp³-hybridized carbons (Fsp3) is 0.316. The van der Waals surface area contributed by atoms with Crippen molar-refractivity contribution in [3.8, 4) is 23.1 Å². The zero-order valence-corrected chi connectivity index (χ0v) is 15.4. The van der Waals surface area contributed by atoms with Crippen LogP contribution < -0.4 is 14.8 Å². The van der Waals surface area contributed by atoms with Crippen molar-refractivity contribution in [1.82, 2.24) is 25.0 Å². The Morgan fingerprint density at radius 1 is 1.10 bits per heavy atom. The van der Waals surface area contributed by atoms with E-state index in [0.717, 1.165) is 0 Å². The highest BCUT2D eigenvalue weighted by molar-refractivity contribution is 5.92. The topological polar surface area (TPSA) is 116 Å². The number of amides is 1. The summed E-state index contributed by atoms with van der Waals surface area (Å²) in [6.45, 7) is 2.67. The van der Waals surface area contributed by atoms with E-state index in [2.05, 4.69) is 25.4 Å². The molecule has 0 spiro atoms. The number of fused-ring (bicyclic) bond motifs is 1. The van der Waals surface area contributed by atoms with Crippen molar-refractivity contribution < 1.29 is 18.8 Å². The molecule has 0 saturated carbocycles. The van der Waals surface area contributed by atoms with Crippen molar-refractivity contribution >= 4 is 11.6 Å². The van der Waals surface area contributed by atoms with Gasteiger partial charge in [-0.15, -0.1) is 0 Å². The molecule has 2 aromatic heterocycles. The highest BCUT2D eigenvalue weighted by Crippen LogP contribution is 2.32. The fourth-order valence-corrected chi connectivity index (χ4v) is 3.29. The van der Waals surface area contributed by atoms with Crippen LogP contribution >= 0.6 is 0 Å². The number of carbonyl (C=O) groups is 1. The lowest BCUT2D eigenvalue weighted by atomic mass is 10.0. The van der Waals surface area contributed by atoms with Gasteiger partial charge in [-0.2, -0.15) is 4.98 Å². The van der Waals surface area contributed by atoms with E-state index >= 15 is 0 Å². The third-order valence-corrected chi connectivity index (χ3v) is 4.71. The van der Waals surface area contributed by atoms with Gasteiger partial charge in [0.1, 0.15) is 13.2 Å². The number of ether oxygens (including phenoxy) is 2. The monoisotopic (exact) mass is 394 g/mol. The Hall–Kier alpha value is -3.53. The van der Waals surface area contributed by atoms with Crippen molar-refractivity contribution in [2.45, 2.75) is 5.92 Å². The van der Waals surface area contributed by atoms with Gasteiger partial charge < -0.3 is 19.3 Å². The van der Waals surface area contributed by atoms with Crippen molar-refractivity contribution in [2.24, 2.45) is 0 Å². The van der Waals surface area contributed by atoms with Crippen LogP contribution in [-0.2, 0) is 4.79 Å². The van der Waals surface area contributed by atoms with E-state index in [1.165, 1.54) is 0 Å². The molecule has 3 aromatic rings. The number of hydrogen-bond acceptors (Lipinski definition) is 9. The van der Waals surface area contributed by atoms with Crippen molar-refractivity contribution in [1.29, 1.82) is 0 Å². The first-order valence-electron chi connectivity index (χ1n) is 9.27. The van der Waals surface area contributed by atoms with Crippen molar-refractivity contribution in [3.05, 3.63) is 42.5 Å². The molecule has 2 aliphatic rings. The molecule has 5 rings (SSSR count). The summed E-state index contributed by atoms with van der Waals surface area (Å²) in [4.78, 5) is 26.9. The number of nitrogens with one attached hydrogen (secondary N) is 1. The minimum atomic E-state index is -0.0935. The molecule has 0 bridgehead atoms. The summed E-state index contributed by atoms with van der Waals surface area (Å²) in [5.41, 5.74) is 0.681. The standard InChI is InChI=1S/C19H18N6O4/c26-16(22-13-2-3-14-15(8-13)28-7-6-27-14)11-25-9-12(10-25)19-23-18(24-29-19)17-20-4-1-5-21-17/h1-5,8,12H,6-7,9-11H2,(H,22,26). The molecule has 0 radical (unpaired) electrons. The molecule has 1 N–H and O–H groups in total. The summed E-state index contributed by atoms with van der Waals surface area (Å²) >= 11 is 0. The molecule has 10 heteroatoms. The van der Waals surface area contributed by atoms with E-state index in [-0.39, 0.29) is 18.4 Å². The Bertz CT molecular complexity index is 1020. The van der Waals surface area contributed by atoms with Gasteiger partial charge in [-0.05, 0) is 18.2 Å². The van der Waals surface area contributed by atoms with E-state index in [1.54, 1.807) is 36.7 Å². The molecular weight excluding hydrogens is 376 g/mol. The van der Waals surface area contributed by atoms with Gasteiger partial charge >= 0.3 is 0 Å². The highest BCUT2D eigenvalue weighted by atomic mass is 16.6. The van der Waals surface area contributed by atoms with E-state index in [4.69, 9.17) is 14.0 Å². The van der Waals surface area contributed by atoms with E-state index in [9.17, 15) is 4.79 Å². The van der Waals surface area contributed by atoms with Crippen LogP contribution in [0.2, 0.25) is 0 Å². The van der Waals surface area contributed by atoms with Crippen LogP contribution in [0.1, 0.15) is 11.8 Å². The predicted octanol–water partition coefficient (Wildman–Crippen LogP) is 1.34. The molecule has 2 aliphatic heterocycles. The maximum absolute atomic E-state index is 12.3. The first-order valence-corrected chi connectivity index (χ1v) is 9.27. The summed E-state index contributed by atoms with van der Waals surface area (Å²) in [5.74, 6) is 2.68. The van der Waals surface area contributed by atoms with Gasteiger partial charge in [0.25, 0.3) is 0 Å². The number of carbonyl (C=O) groups excluding carboxylic acids is 1. The molecule has 0 aliphatic carbocycles. The summed E-state index contributed by atoms with van der Waals surface area (Å²) < 4.78 is 16.4. The molecule has 148 valence electrons. The van der Waals surface area contributed by atoms with Gasteiger partial charge in [0.2, 0.25) is 23.4 Å². The van der Waals surface area contributed by atoms with Gasteiger partial charge in [-0.25, -0.2) is 9.97 Å². The Balaban J connectivity index is 1.13. The zero-order valence-electron chi connectivity index (χ0n) is 15.4. The van der Waals surface area contributed by atoms with Crippen molar-refractivity contribution in [2.75, 3.05) is 38.2 Å². The number of nitrogens with zero attached hydrogens (tertiary/aromatic N) is 5. The van der Waals surface area contributed by atoms with Crippen LogP contribution in [0.15, 0.2) is 41.2 Å². The molecule has 29 heavy (non-hydrogen) atoms. The molecule has 4 heterocycles. The molecule has 1 fully saturated rings. The minimum Gasteiger partial charge on any atom is -0.486 e. The first kappa shape index (κ1) is 17.6. The highest BCUT2D eigenvalue weighted by Gasteiger charge is 2.34. The van der Waals surface area contributed by atoms with Crippen LogP contribution in [0.3, 0.4) is 0 Å². The number of aromatic nitrogens is 4. The van der Waals surface area contributed by atoms with E-state index < -0.39 is 0 Å². The Labute approximate surface area is 165 Å². The van der Waals surface area contributed by atoms with Gasteiger partial charge in [0.05, 0.1) is 12.5 Å². The minimum absolute atomic E-state index is 0.0935. The Morgan fingerprint density at radius 2 is 1.90 bits per heavy atom. The number of benzene rings is 1. The fourth-order valence-electron chi connectivity index (χ4n) is 3.29. The van der Waals surface area contributed by atoms with Gasteiger partial charge in [-0.1, -0.05) is 5.16 Å². The van der Waals surface area contributed by atoms with Crippen LogP contribution in [-0.4, -0.2) is 63.8 Å². The molecule has 1 amide bonds. The molecule has 10 nitrogen and oxygen atoms in total. The Morgan fingerprint density at radius 3 is 2.72 bits per heavy atom. The first-order chi connectivity index (χ1) is 14.2. The van der Waals surface area contributed by atoms with Gasteiger partial charge in [0.15, 0.2) is 11.5 Å². The Kier molecular flexibility index (Phi) is 4.53. The van der Waals surface area contributed by atoms with Crippen LogP contribution in [0.25, 0.3) is 11.6 Å². The van der Waals surface area contributed by atoms with Crippen LogP contribution in [0.5, 0.6) is 11.5 Å². The van der Waals surface area contributed by atoms with Gasteiger partial charge in [0, 0.05) is 37.2 Å². The smallest absolute Gasteiger partial charge is 0.240 e. The third-order valence-electron chi connectivity index (χ3n) is 4.71. The van der Waals surface area contributed by atoms with Crippen LogP contribution in [0.4, 0.5) is 5.69 Å². The second-order valence-electron chi connectivity index (χ2n) is 6.83. The summed E-state index contributed by atoms with van der Waals surface area (Å²) in [6.07, 6.45) is 3.26. The average molecular weight is 394 g/mol.